The molecule has 0 radical (unpaired) electrons. The van der Waals surface area contributed by atoms with Crippen LogP contribution >= 0.6 is 0 Å². The van der Waals surface area contributed by atoms with Crippen LogP contribution < -0.4 is 10.6 Å². The van der Waals surface area contributed by atoms with Crippen molar-refractivity contribution in [3.05, 3.63) is 30.6 Å². The van der Waals surface area contributed by atoms with Gasteiger partial charge in [0.05, 0.1) is 11.4 Å². The van der Waals surface area contributed by atoms with Crippen LogP contribution in [0.4, 0.5) is 10.6 Å². The molecule has 1 spiro atoms. The van der Waals surface area contributed by atoms with Gasteiger partial charge in [0.2, 0.25) is 5.91 Å². The molecular formula is C20H23N5O2. The number of hydrogen-bond donors (Lipinski definition) is 2. The van der Waals surface area contributed by atoms with Crippen molar-refractivity contribution in [3.63, 3.8) is 0 Å². The molecule has 1 aromatic heterocycles. The minimum absolute atomic E-state index is 0.0101. The highest BCUT2D eigenvalue weighted by Crippen LogP contribution is 2.58. The molecule has 27 heavy (non-hydrogen) atoms. The smallest absolute Gasteiger partial charge is 0.324 e. The van der Waals surface area contributed by atoms with Gasteiger partial charge in [0.1, 0.15) is 12.1 Å². The summed E-state index contributed by atoms with van der Waals surface area (Å²) in [7, 11) is 0. The summed E-state index contributed by atoms with van der Waals surface area (Å²) < 4.78 is 0. The zero-order chi connectivity index (χ0) is 18.4. The van der Waals surface area contributed by atoms with E-state index in [4.69, 9.17) is 0 Å². The zero-order valence-corrected chi connectivity index (χ0v) is 15.1. The third-order valence-electron chi connectivity index (χ3n) is 6.39. The Hall–Kier alpha value is -2.70. The van der Waals surface area contributed by atoms with Crippen LogP contribution in [0.5, 0.6) is 0 Å². The van der Waals surface area contributed by atoms with Crippen LogP contribution in [0, 0.1) is 11.3 Å². The van der Waals surface area contributed by atoms with Gasteiger partial charge in [0.25, 0.3) is 0 Å². The number of carbonyl (C=O) groups excluding carboxylic acids is 2. The van der Waals surface area contributed by atoms with Crippen molar-refractivity contribution < 1.29 is 9.59 Å². The first-order chi connectivity index (χ1) is 13.2. The van der Waals surface area contributed by atoms with E-state index in [1.165, 1.54) is 24.1 Å². The van der Waals surface area contributed by atoms with Crippen LogP contribution in [0.3, 0.4) is 0 Å². The fraction of sp³-hybridized carbons (Fsp3) is 0.500. The molecule has 2 heterocycles. The fourth-order valence-electron chi connectivity index (χ4n) is 4.62. The molecule has 7 heteroatoms. The fourth-order valence-corrected chi connectivity index (χ4v) is 4.62. The van der Waals surface area contributed by atoms with Gasteiger partial charge in [-0.1, -0.05) is 12.1 Å². The molecule has 2 aliphatic carbocycles. The molecule has 5 rings (SSSR count). The van der Waals surface area contributed by atoms with Gasteiger partial charge < -0.3 is 10.6 Å². The second-order valence-corrected chi connectivity index (χ2v) is 8.06. The van der Waals surface area contributed by atoms with Crippen molar-refractivity contribution >= 4 is 28.7 Å². The van der Waals surface area contributed by atoms with Gasteiger partial charge in [0.15, 0.2) is 0 Å². The van der Waals surface area contributed by atoms with Gasteiger partial charge in [-0.2, -0.15) is 0 Å². The molecule has 7 nitrogen and oxygen atoms in total. The highest BCUT2D eigenvalue weighted by Gasteiger charge is 2.53. The number of anilines is 1. The highest BCUT2D eigenvalue weighted by molar-refractivity contribution is 5.99. The standard InChI is InChI=1S/C20H23N5O2/c26-18-14-11-20(7-8-20)6-5-16(14)24-19(27)25(18)10-9-21-17-13-3-1-2-4-15(13)22-12-23-17/h1-4,12,14,16H,5-11H2,(H,24,27)(H,21,22,23)/t14-,16+/m0/s1. The quantitative estimate of drug-likeness (QED) is 0.869. The number of benzene rings is 1. The lowest BCUT2D eigenvalue weighted by molar-refractivity contribution is -0.137. The second-order valence-electron chi connectivity index (χ2n) is 8.06. The third kappa shape index (κ3) is 2.91. The summed E-state index contributed by atoms with van der Waals surface area (Å²) in [4.78, 5) is 35.3. The second kappa shape index (κ2) is 6.18. The van der Waals surface area contributed by atoms with Crippen molar-refractivity contribution in [1.82, 2.24) is 20.2 Å². The number of nitrogens with zero attached hydrogens (tertiary/aromatic N) is 3. The summed E-state index contributed by atoms with van der Waals surface area (Å²) in [5, 5.41) is 7.24. The summed E-state index contributed by atoms with van der Waals surface area (Å²) >= 11 is 0. The lowest BCUT2D eigenvalue weighted by atomic mass is 9.74. The number of carbonyl (C=O) groups is 2. The Balaban J connectivity index is 1.26. The minimum atomic E-state index is -0.262. The monoisotopic (exact) mass is 365 g/mol. The van der Waals surface area contributed by atoms with E-state index in [1.807, 2.05) is 24.3 Å². The van der Waals surface area contributed by atoms with Crippen LogP contribution in [0.1, 0.15) is 32.1 Å². The molecule has 2 N–H and O–H groups in total. The number of amides is 3. The Kier molecular flexibility index (Phi) is 3.77. The van der Waals surface area contributed by atoms with E-state index in [1.54, 1.807) is 0 Å². The molecule has 140 valence electrons. The largest absolute Gasteiger partial charge is 0.368 e. The Morgan fingerprint density at radius 3 is 2.89 bits per heavy atom. The Bertz CT molecular complexity index is 905. The number of hydrogen-bond acceptors (Lipinski definition) is 5. The summed E-state index contributed by atoms with van der Waals surface area (Å²) in [5.41, 5.74) is 1.25. The molecule has 1 saturated heterocycles. The summed E-state index contributed by atoms with van der Waals surface area (Å²) in [6, 6.07) is 7.52. The van der Waals surface area contributed by atoms with Crippen LogP contribution in [0.2, 0.25) is 0 Å². The van der Waals surface area contributed by atoms with Gasteiger partial charge in [-0.3, -0.25) is 9.69 Å². The molecule has 3 fully saturated rings. The maximum absolute atomic E-state index is 13.0. The number of urea groups is 1. The van der Waals surface area contributed by atoms with Crippen molar-refractivity contribution in [2.24, 2.45) is 11.3 Å². The normalized spacial score (nSPS) is 26.0. The predicted octanol–water partition coefficient (Wildman–Crippen LogP) is 2.54. The Morgan fingerprint density at radius 1 is 1.19 bits per heavy atom. The maximum Gasteiger partial charge on any atom is 0.324 e. The average Bonchev–Trinajstić information content (AvgIpc) is 3.44. The number of imide groups is 1. The Morgan fingerprint density at radius 2 is 2.04 bits per heavy atom. The number of rotatable bonds is 4. The van der Waals surface area contributed by atoms with E-state index in [0.29, 0.717) is 18.5 Å². The third-order valence-corrected chi connectivity index (χ3v) is 6.39. The molecule has 2 atom stereocenters. The molecule has 1 aliphatic heterocycles. The van der Waals surface area contributed by atoms with E-state index in [9.17, 15) is 9.59 Å². The highest BCUT2D eigenvalue weighted by atomic mass is 16.2. The van der Waals surface area contributed by atoms with Crippen molar-refractivity contribution in [3.8, 4) is 0 Å². The minimum Gasteiger partial charge on any atom is -0.368 e. The molecule has 3 amide bonds. The van der Waals surface area contributed by atoms with Crippen LogP contribution in [-0.4, -0.2) is 45.9 Å². The number of fused-ring (bicyclic) bond motifs is 2. The van der Waals surface area contributed by atoms with E-state index in [-0.39, 0.29) is 23.9 Å². The molecule has 0 bridgehead atoms. The summed E-state index contributed by atoms with van der Waals surface area (Å²) in [6.07, 6.45) is 6.99. The van der Waals surface area contributed by atoms with Crippen LogP contribution in [0.25, 0.3) is 10.9 Å². The van der Waals surface area contributed by atoms with Crippen molar-refractivity contribution in [2.75, 3.05) is 18.4 Å². The lowest BCUT2D eigenvalue weighted by Crippen LogP contribution is -2.62. The van der Waals surface area contributed by atoms with Gasteiger partial charge in [0, 0.05) is 24.5 Å². The first-order valence-electron chi connectivity index (χ1n) is 9.71. The molecule has 2 saturated carbocycles. The molecule has 1 aromatic carbocycles. The van der Waals surface area contributed by atoms with Crippen molar-refractivity contribution in [1.29, 1.82) is 0 Å². The lowest BCUT2D eigenvalue weighted by Gasteiger charge is -2.42. The number of para-hydroxylation sites is 1. The number of nitrogens with one attached hydrogen (secondary N) is 2. The van der Waals surface area contributed by atoms with Gasteiger partial charge in [-0.25, -0.2) is 14.8 Å². The van der Waals surface area contributed by atoms with E-state index in [0.717, 1.165) is 36.0 Å². The van der Waals surface area contributed by atoms with E-state index >= 15 is 0 Å². The topological polar surface area (TPSA) is 87.2 Å². The summed E-state index contributed by atoms with van der Waals surface area (Å²) in [5.74, 6) is 0.654. The SMILES string of the molecule is O=C1N[C@@H]2CCC3(CC3)C[C@@H]2C(=O)N1CCNc1ncnc2ccccc12. The first-order valence-corrected chi connectivity index (χ1v) is 9.71. The van der Waals surface area contributed by atoms with Gasteiger partial charge in [-0.05, 0) is 49.7 Å². The molecule has 0 unspecified atom stereocenters. The first kappa shape index (κ1) is 16.5. The van der Waals surface area contributed by atoms with E-state index < -0.39 is 0 Å². The van der Waals surface area contributed by atoms with Gasteiger partial charge in [-0.15, -0.1) is 0 Å². The van der Waals surface area contributed by atoms with Crippen LogP contribution in [-0.2, 0) is 4.79 Å². The van der Waals surface area contributed by atoms with E-state index in [2.05, 4.69) is 20.6 Å². The average molecular weight is 365 g/mol. The molecular weight excluding hydrogens is 342 g/mol. The molecule has 3 aliphatic rings. The van der Waals surface area contributed by atoms with Gasteiger partial charge >= 0.3 is 6.03 Å². The van der Waals surface area contributed by atoms with Crippen LogP contribution in [0.15, 0.2) is 30.6 Å². The molecule has 2 aromatic rings. The predicted molar refractivity (Wildman–Crippen MR) is 101 cm³/mol. The maximum atomic E-state index is 13.0. The number of aromatic nitrogens is 2. The summed E-state index contributed by atoms with van der Waals surface area (Å²) in [6.45, 7) is 0.794. The zero-order valence-electron chi connectivity index (χ0n) is 15.1. The van der Waals surface area contributed by atoms with Crippen molar-refractivity contribution in [2.45, 2.75) is 38.1 Å². The Labute approximate surface area is 157 Å².